The van der Waals surface area contributed by atoms with Crippen molar-refractivity contribution in [2.75, 3.05) is 39.2 Å². The highest BCUT2D eigenvalue weighted by atomic mass is 16.5. The molecule has 1 aliphatic rings. The molecule has 0 radical (unpaired) electrons. The smallest absolute Gasteiger partial charge is 0.119 e. The van der Waals surface area contributed by atoms with Gasteiger partial charge in [0.05, 0.1) is 7.11 Å². The Morgan fingerprint density at radius 1 is 1.28 bits per heavy atom. The summed E-state index contributed by atoms with van der Waals surface area (Å²) < 4.78 is 5.35. The van der Waals surface area contributed by atoms with E-state index >= 15 is 0 Å². The highest BCUT2D eigenvalue weighted by Crippen LogP contribution is 2.28. The summed E-state index contributed by atoms with van der Waals surface area (Å²) in [6.07, 6.45) is 3.72. The van der Waals surface area contributed by atoms with Crippen molar-refractivity contribution in [2.24, 2.45) is 5.92 Å². The Balaban J connectivity index is 2.17. The fourth-order valence-corrected chi connectivity index (χ4v) is 2.69. The first kappa shape index (κ1) is 13.2. The van der Waals surface area contributed by atoms with E-state index in [0.717, 1.165) is 31.2 Å². The van der Waals surface area contributed by atoms with Crippen LogP contribution >= 0.6 is 0 Å². The molecule has 0 bridgehead atoms. The molecule has 0 aromatic heterocycles. The van der Waals surface area contributed by atoms with Crippen LogP contribution in [0, 0.1) is 5.92 Å². The van der Waals surface area contributed by atoms with Crippen LogP contribution in [-0.4, -0.2) is 34.3 Å². The lowest BCUT2D eigenvalue weighted by molar-refractivity contribution is 0.371. The predicted octanol–water partition coefficient (Wildman–Crippen LogP) is 2.30. The number of hydrogen-bond donors (Lipinski definition) is 1. The van der Waals surface area contributed by atoms with Crippen LogP contribution in [0.25, 0.3) is 0 Å². The van der Waals surface area contributed by atoms with Gasteiger partial charge in [0.2, 0.25) is 0 Å². The van der Waals surface area contributed by atoms with Gasteiger partial charge in [-0.25, -0.2) is 0 Å². The minimum atomic E-state index is 0.803. The van der Waals surface area contributed by atoms with Crippen LogP contribution in [0.5, 0.6) is 5.75 Å². The van der Waals surface area contributed by atoms with E-state index in [9.17, 15) is 0 Å². The summed E-state index contributed by atoms with van der Waals surface area (Å²) in [6.45, 7) is 2.32. The van der Waals surface area contributed by atoms with E-state index < -0.39 is 0 Å². The quantitative estimate of drug-likeness (QED) is 0.885. The minimum Gasteiger partial charge on any atom is -0.497 e. The van der Waals surface area contributed by atoms with Crippen LogP contribution < -0.4 is 15.0 Å². The van der Waals surface area contributed by atoms with Crippen LogP contribution in [0.4, 0.5) is 5.69 Å². The zero-order valence-corrected chi connectivity index (χ0v) is 11.7. The molecule has 0 amide bonds. The molecule has 1 aromatic rings. The van der Waals surface area contributed by atoms with Crippen molar-refractivity contribution in [1.82, 2.24) is 5.32 Å². The van der Waals surface area contributed by atoms with Gasteiger partial charge in [-0.2, -0.15) is 0 Å². The number of benzene rings is 1. The lowest BCUT2D eigenvalue weighted by Gasteiger charge is -2.25. The first-order valence-corrected chi connectivity index (χ1v) is 6.75. The maximum atomic E-state index is 5.35. The number of ether oxygens (including phenoxy) is 1. The molecule has 1 aliphatic heterocycles. The number of piperidine rings is 1. The van der Waals surface area contributed by atoms with Gasteiger partial charge in [0.1, 0.15) is 5.75 Å². The van der Waals surface area contributed by atoms with Gasteiger partial charge in [-0.15, -0.1) is 0 Å². The van der Waals surface area contributed by atoms with Crippen LogP contribution in [0.15, 0.2) is 18.2 Å². The SMILES string of the molecule is COc1ccc(N(C)C)c(CC2CCNCC2)c1. The monoisotopic (exact) mass is 248 g/mol. The summed E-state index contributed by atoms with van der Waals surface area (Å²) in [5, 5.41) is 3.43. The second-order valence-corrected chi connectivity index (χ2v) is 5.29. The topological polar surface area (TPSA) is 24.5 Å². The van der Waals surface area contributed by atoms with Crippen molar-refractivity contribution in [2.45, 2.75) is 19.3 Å². The number of hydrogen-bond acceptors (Lipinski definition) is 3. The average molecular weight is 248 g/mol. The predicted molar refractivity (Wildman–Crippen MR) is 76.6 cm³/mol. The van der Waals surface area contributed by atoms with Gasteiger partial charge >= 0.3 is 0 Å². The Labute approximate surface area is 110 Å². The first-order valence-electron chi connectivity index (χ1n) is 6.75. The normalized spacial score (nSPS) is 16.6. The second kappa shape index (κ2) is 6.10. The van der Waals surface area contributed by atoms with Crippen LogP contribution in [0.1, 0.15) is 18.4 Å². The molecule has 0 saturated carbocycles. The first-order chi connectivity index (χ1) is 8.70. The van der Waals surface area contributed by atoms with Crippen molar-refractivity contribution in [3.63, 3.8) is 0 Å². The third kappa shape index (κ3) is 3.16. The van der Waals surface area contributed by atoms with E-state index in [1.807, 2.05) is 6.07 Å². The Morgan fingerprint density at radius 3 is 2.61 bits per heavy atom. The molecule has 2 rings (SSSR count). The number of nitrogens with zero attached hydrogens (tertiary/aromatic N) is 1. The van der Waals surface area contributed by atoms with Gasteiger partial charge in [0.25, 0.3) is 0 Å². The lowest BCUT2D eigenvalue weighted by atomic mass is 9.90. The van der Waals surface area contributed by atoms with Crippen LogP contribution in [0.2, 0.25) is 0 Å². The number of anilines is 1. The zero-order chi connectivity index (χ0) is 13.0. The summed E-state index contributed by atoms with van der Waals surface area (Å²) in [6, 6.07) is 6.40. The number of nitrogens with one attached hydrogen (secondary N) is 1. The lowest BCUT2D eigenvalue weighted by Crippen LogP contribution is -2.29. The number of methoxy groups -OCH3 is 1. The maximum Gasteiger partial charge on any atom is 0.119 e. The van der Waals surface area contributed by atoms with Crippen molar-refractivity contribution in [1.29, 1.82) is 0 Å². The molecule has 100 valence electrons. The largest absolute Gasteiger partial charge is 0.497 e. The third-order valence-corrected chi connectivity index (χ3v) is 3.74. The van der Waals surface area contributed by atoms with Crippen LogP contribution in [-0.2, 0) is 6.42 Å². The van der Waals surface area contributed by atoms with E-state index in [1.54, 1.807) is 7.11 Å². The minimum absolute atomic E-state index is 0.803. The highest BCUT2D eigenvalue weighted by molar-refractivity contribution is 5.55. The van der Waals surface area contributed by atoms with Crippen molar-refractivity contribution >= 4 is 5.69 Å². The molecule has 0 unspecified atom stereocenters. The molecule has 18 heavy (non-hydrogen) atoms. The fourth-order valence-electron chi connectivity index (χ4n) is 2.69. The highest BCUT2D eigenvalue weighted by Gasteiger charge is 2.16. The Hall–Kier alpha value is -1.22. The summed E-state index contributed by atoms with van der Waals surface area (Å²) in [7, 11) is 5.94. The van der Waals surface area contributed by atoms with E-state index in [2.05, 4.69) is 36.4 Å². The standard InChI is InChI=1S/C15H24N2O/c1-17(2)15-5-4-14(18-3)11-13(15)10-12-6-8-16-9-7-12/h4-5,11-12,16H,6-10H2,1-3H3. The Morgan fingerprint density at radius 2 is 2.00 bits per heavy atom. The zero-order valence-electron chi connectivity index (χ0n) is 11.7. The molecule has 0 spiro atoms. The molecular weight excluding hydrogens is 224 g/mol. The molecule has 1 heterocycles. The van der Waals surface area contributed by atoms with Gasteiger partial charge < -0.3 is 15.0 Å². The third-order valence-electron chi connectivity index (χ3n) is 3.74. The van der Waals surface area contributed by atoms with E-state index in [1.165, 1.54) is 24.1 Å². The van der Waals surface area contributed by atoms with Crippen molar-refractivity contribution in [3.8, 4) is 5.75 Å². The second-order valence-electron chi connectivity index (χ2n) is 5.29. The maximum absolute atomic E-state index is 5.35. The average Bonchev–Trinajstić information content (AvgIpc) is 2.39. The van der Waals surface area contributed by atoms with E-state index in [-0.39, 0.29) is 0 Å². The van der Waals surface area contributed by atoms with Crippen LogP contribution in [0.3, 0.4) is 0 Å². The molecule has 3 nitrogen and oxygen atoms in total. The molecule has 1 fully saturated rings. The molecule has 1 N–H and O–H groups in total. The van der Waals surface area contributed by atoms with Crippen molar-refractivity contribution < 1.29 is 4.74 Å². The van der Waals surface area contributed by atoms with E-state index in [0.29, 0.717) is 0 Å². The molecular formula is C15H24N2O. The van der Waals surface area contributed by atoms with Crippen molar-refractivity contribution in [3.05, 3.63) is 23.8 Å². The summed E-state index contributed by atoms with van der Waals surface area (Å²) in [4.78, 5) is 2.19. The van der Waals surface area contributed by atoms with Gasteiger partial charge in [0, 0.05) is 19.8 Å². The Bertz CT molecular complexity index is 384. The van der Waals surface area contributed by atoms with Gasteiger partial charge in [-0.3, -0.25) is 0 Å². The molecule has 1 aromatic carbocycles. The fraction of sp³-hybridized carbons (Fsp3) is 0.600. The molecule has 1 saturated heterocycles. The van der Waals surface area contributed by atoms with E-state index in [4.69, 9.17) is 4.74 Å². The molecule has 3 heteroatoms. The molecule has 0 atom stereocenters. The Kier molecular flexibility index (Phi) is 4.48. The summed E-state index contributed by atoms with van der Waals surface area (Å²) in [5.41, 5.74) is 2.72. The van der Waals surface area contributed by atoms with Gasteiger partial charge in [0.15, 0.2) is 0 Å². The summed E-state index contributed by atoms with van der Waals surface area (Å²) in [5.74, 6) is 1.77. The summed E-state index contributed by atoms with van der Waals surface area (Å²) >= 11 is 0. The van der Waals surface area contributed by atoms with Gasteiger partial charge in [-0.05, 0) is 62.0 Å². The van der Waals surface area contributed by atoms with Gasteiger partial charge in [-0.1, -0.05) is 0 Å². The molecule has 0 aliphatic carbocycles. The number of rotatable bonds is 4.